The lowest BCUT2D eigenvalue weighted by atomic mass is 10.1. The lowest BCUT2D eigenvalue weighted by Gasteiger charge is -2.09. The Balaban J connectivity index is 1.78. The van der Waals surface area contributed by atoms with Crippen LogP contribution in [0.4, 0.5) is 13.2 Å². The van der Waals surface area contributed by atoms with Gasteiger partial charge in [-0.05, 0) is 42.8 Å². The molecule has 1 heterocycles. The highest BCUT2D eigenvalue weighted by Crippen LogP contribution is 2.29. The fraction of sp³-hybridized carbons (Fsp3) is 0.211. The fourth-order valence-corrected chi connectivity index (χ4v) is 2.73. The Labute approximate surface area is 143 Å². The van der Waals surface area contributed by atoms with Crippen molar-refractivity contribution in [2.24, 2.45) is 0 Å². The van der Waals surface area contributed by atoms with Gasteiger partial charge in [-0.3, -0.25) is 0 Å². The third-order valence-corrected chi connectivity index (χ3v) is 4.07. The van der Waals surface area contributed by atoms with E-state index in [2.05, 4.69) is 4.57 Å². The van der Waals surface area contributed by atoms with Crippen LogP contribution in [0.15, 0.2) is 48.7 Å². The number of alkyl halides is 3. The first-order chi connectivity index (χ1) is 11.9. The van der Waals surface area contributed by atoms with Gasteiger partial charge in [-0.1, -0.05) is 12.1 Å². The molecule has 3 aromatic rings. The molecule has 3 nitrogen and oxygen atoms in total. The van der Waals surface area contributed by atoms with Crippen LogP contribution in [0.2, 0.25) is 0 Å². The van der Waals surface area contributed by atoms with Gasteiger partial charge >= 0.3 is 6.18 Å². The molecule has 3 rings (SSSR count). The Bertz CT molecular complexity index is 895. The summed E-state index contributed by atoms with van der Waals surface area (Å²) in [6, 6.07) is 10.5. The lowest BCUT2D eigenvalue weighted by molar-refractivity contribution is -0.137. The summed E-state index contributed by atoms with van der Waals surface area (Å²) < 4.78 is 45.5. The van der Waals surface area contributed by atoms with E-state index in [4.69, 9.17) is 10.1 Å². The molecule has 0 saturated carbocycles. The zero-order valence-electron chi connectivity index (χ0n) is 13.6. The molecule has 0 spiro atoms. The second kappa shape index (κ2) is 6.63. The summed E-state index contributed by atoms with van der Waals surface area (Å²) in [4.78, 5) is 0. The molecule has 1 N–H and O–H groups in total. The number of rotatable bonds is 5. The minimum Gasteiger partial charge on any atom is -0.489 e. The monoisotopic (exact) mass is 346 g/mol. The maximum absolute atomic E-state index is 12.6. The Morgan fingerprint density at radius 1 is 1.12 bits per heavy atom. The van der Waals surface area contributed by atoms with Crippen molar-refractivity contribution in [2.75, 3.05) is 0 Å². The molecular formula is C19H17F3N2O. The van der Waals surface area contributed by atoms with E-state index in [9.17, 15) is 13.2 Å². The van der Waals surface area contributed by atoms with E-state index in [1.54, 1.807) is 0 Å². The van der Waals surface area contributed by atoms with E-state index in [0.717, 1.165) is 35.1 Å². The number of hydrogen-bond acceptors (Lipinski definition) is 2. The second-order valence-corrected chi connectivity index (χ2v) is 5.68. The predicted octanol–water partition coefficient (Wildman–Crippen LogP) is 5.26. The summed E-state index contributed by atoms with van der Waals surface area (Å²) in [7, 11) is 0. The SMILES string of the molecule is CCn1cc(C=N)c2cc(OCc3ccc(C(F)(F)F)cc3)ccc21. The predicted molar refractivity (Wildman–Crippen MR) is 91.3 cm³/mol. The number of aryl methyl sites for hydroxylation is 1. The van der Waals surface area contributed by atoms with Gasteiger partial charge in [-0.15, -0.1) is 0 Å². The number of nitrogens with zero attached hydrogens (tertiary/aromatic N) is 1. The standard InChI is InChI=1S/C19H17F3N2O/c1-2-24-11-14(10-23)17-9-16(7-8-18(17)24)25-12-13-3-5-15(6-4-13)19(20,21)22/h3-11,23H,2,12H2,1H3. The van der Waals surface area contributed by atoms with Crippen molar-refractivity contribution in [2.45, 2.75) is 26.3 Å². The summed E-state index contributed by atoms with van der Waals surface area (Å²) in [6.07, 6.45) is -1.12. The molecule has 0 radical (unpaired) electrons. The van der Waals surface area contributed by atoms with Crippen LogP contribution < -0.4 is 4.74 Å². The Kier molecular flexibility index (Phi) is 4.53. The molecule has 0 fully saturated rings. The minimum absolute atomic E-state index is 0.179. The third-order valence-electron chi connectivity index (χ3n) is 4.07. The molecular weight excluding hydrogens is 329 g/mol. The zero-order valence-corrected chi connectivity index (χ0v) is 13.6. The van der Waals surface area contributed by atoms with Crippen molar-refractivity contribution in [1.82, 2.24) is 4.57 Å². The Morgan fingerprint density at radius 3 is 2.44 bits per heavy atom. The first-order valence-electron chi connectivity index (χ1n) is 7.84. The summed E-state index contributed by atoms with van der Waals surface area (Å²) in [5.41, 5.74) is 1.81. The van der Waals surface area contributed by atoms with E-state index >= 15 is 0 Å². The number of benzene rings is 2. The Hall–Kier alpha value is -2.76. The molecule has 0 atom stereocenters. The first kappa shape index (κ1) is 17.1. The highest BCUT2D eigenvalue weighted by molar-refractivity contribution is 5.99. The van der Waals surface area contributed by atoms with Crippen molar-refractivity contribution in [3.8, 4) is 5.75 Å². The number of aromatic nitrogens is 1. The van der Waals surface area contributed by atoms with Crippen LogP contribution in [0.3, 0.4) is 0 Å². The molecule has 0 saturated heterocycles. The van der Waals surface area contributed by atoms with Crippen LogP contribution in [-0.2, 0) is 19.3 Å². The first-order valence-corrected chi connectivity index (χ1v) is 7.84. The minimum atomic E-state index is -4.33. The second-order valence-electron chi connectivity index (χ2n) is 5.68. The van der Waals surface area contributed by atoms with Gasteiger partial charge in [-0.2, -0.15) is 13.2 Å². The molecule has 0 aliphatic rings. The molecule has 1 aromatic heterocycles. The van der Waals surface area contributed by atoms with Crippen LogP contribution in [0.25, 0.3) is 10.9 Å². The van der Waals surface area contributed by atoms with Crippen LogP contribution in [0, 0.1) is 5.41 Å². The number of hydrogen-bond donors (Lipinski definition) is 1. The van der Waals surface area contributed by atoms with Crippen LogP contribution >= 0.6 is 0 Å². The van der Waals surface area contributed by atoms with Crippen molar-refractivity contribution < 1.29 is 17.9 Å². The van der Waals surface area contributed by atoms with Crippen LogP contribution in [0.5, 0.6) is 5.75 Å². The van der Waals surface area contributed by atoms with Gasteiger partial charge < -0.3 is 14.7 Å². The van der Waals surface area contributed by atoms with Gasteiger partial charge in [0, 0.05) is 35.4 Å². The molecule has 0 amide bonds. The number of fused-ring (bicyclic) bond motifs is 1. The van der Waals surface area contributed by atoms with Crippen LogP contribution in [-0.4, -0.2) is 10.8 Å². The zero-order chi connectivity index (χ0) is 18.0. The van der Waals surface area contributed by atoms with Crippen molar-refractivity contribution in [3.05, 3.63) is 65.4 Å². The average molecular weight is 346 g/mol. The van der Waals surface area contributed by atoms with Gasteiger partial charge in [-0.25, -0.2) is 0 Å². The lowest BCUT2D eigenvalue weighted by Crippen LogP contribution is -2.05. The van der Waals surface area contributed by atoms with E-state index in [1.807, 2.05) is 31.3 Å². The van der Waals surface area contributed by atoms with Crippen LogP contribution in [0.1, 0.15) is 23.6 Å². The average Bonchev–Trinajstić information content (AvgIpc) is 2.96. The number of halogens is 3. The molecule has 6 heteroatoms. The number of nitrogens with one attached hydrogen (secondary N) is 1. The van der Waals surface area contributed by atoms with Gasteiger partial charge in [0.25, 0.3) is 0 Å². The molecule has 2 aromatic carbocycles. The molecule has 25 heavy (non-hydrogen) atoms. The van der Waals surface area contributed by atoms with E-state index in [0.29, 0.717) is 11.3 Å². The topological polar surface area (TPSA) is 38.0 Å². The van der Waals surface area contributed by atoms with Gasteiger partial charge in [0.2, 0.25) is 0 Å². The molecule has 0 bridgehead atoms. The summed E-state index contributed by atoms with van der Waals surface area (Å²) in [5.74, 6) is 0.615. The molecule has 0 aliphatic carbocycles. The largest absolute Gasteiger partial charge is 0.489 e. The third kappa shape index (κ3) is 3.52. The Morgan fingerprint density at radius 2 is 1.84 bits per heavy atom. The van der Waals surface area contributed by atoms with E-state index < -0.39 is 11.7 Å². The van der Waals surface area contributed by atoms with Crippen molar-refractivity contribution >= 4 is 17.1 Å². The molecule has 0 aliphatic heterocycles. The molecule has 130 valence electrons. The quantitative estimate of drug-likeness (QED) is 0.629. The van der Waals surface area contributed by atoms with Gasteiger partial charge in [0.1, 0.15) is 12.4 Å². The molecule has 0 unspecified atom stereocenters. The summed E-state index contributed by atoms with van der Waals surface area (Å²) in [6.45, 7) is 3.01. The summed E-state index contributed by atoms with van der Waals surface area (Å²) >= 11 is 0. The number of ether oxygens (including phenoxy) is 1. The normalized spacial score (nSPS) is 11.7. The van der Waals surface area contributed by atoms with Crippen molar-refractivity contribution in [1.29, 1.82) is 5.41 Å². The fourth-order valence-electron chi connectivity index (χ4n) is 2.73. The highest BCUT2D eigenvalue weighted by Gasteiger charge is 2.29. The summed E-state index contributed by atoms with van der Waals surface area (Å²) in [5, 5.41) is 8.44. The van der Waals surface area contributed by atoms with E-state index in [-0.39, 0.29) is 6.61 Å². The highest BCUT2D eigenvalue weighted by atomic mass is 19.4. The van der Waals surface area contributed by atoms with Crippen molar-refractivity contribution in [3.63, 3.8) is 0 Å². The maximum atomic E-state index is 12.6. The van der Waals surface area contributed by atoms with Gasteiger partial charge in [0.05, 0.1) is 5.56 Å². The van der Waals surface area contributed by atoms with E-state index in [1.165, 1.54) is 18.3 Å². The maximum Gasteiger partial charge on any atom is 0.416 e. The smallest absolute Gasteiger partial charge is 0.416 e. The van der Waals surface area contributed by atoms with Gasteiger partial charge in [0.15, 0.2) is 0 Å².